The zero-order chi connectivity index (χ0) is 23.5. The molecule has 0 spiro atoms. The molecule has 174 valence electrons. The van der Waals surface area contributed by atoms with Gasteiger partial charge in [0.25, 0.3) is 6.10 Å². The Bertz CT molecular complexity index is 910. The fourth-order valence-corrected chi connectivity index (χ4v) is 3.17. The van der Waals surface area contributed by atoms with Gasteiger partial charge in [0.05, 0.1) is 5.69 Å². The van der Waals surface area contributed by atoms with Crippen LogP contribution in [-0.2, 0) is 11.3 Å². The largest absolute Gasteiger partial charge is 0.434 e. The summed E-state index contributed by atoms with van der Waals surface area (Å²) >= 11 is 0. The number of benzene rings is 1. The van der Waals surface area contributed by atoms with Crippen LogP contribution < -0.4 is 0 Å². The highest BCUT2D eigenvalue weighted by Crippen LogP contribution is 2.36. The second kappa shape index (κ2) is 9.31. The molecule has 1 fully saturated rings. The summed E-state index contributed by atoms with van der Waals surface area (Å²) in [6, 6.07) is 9.51. The second-order valence-corrected chi connectivity index (χ2v) is 7.16. The monoisotopic (exact) mass is 465 g/mol. The Morgan fingerprint density at radius 2 is 1.62 bits per heavy atom. The standard InChI is InChI=1S/C20H18F7N3O2/c21-15-3-1-2-13(10-15)14-4-5-16(28-11-14)12-29-6-8-30(9-7-29)18(31)32-17(19(22,23)24)20(25,26)27/h1-5,10-11,17H,6-9,12H2. The molecular weight excluding hydrogens is 447 g/mol. The van der Waals surface area contributed by atoms with Crippen LogP contribution in [0.1, 0.15) is 5.69 Å². The van der Waals surface area contributed by atoms with Crippen molar-refractivity contribution in [2.75, 3.05) is 26.2 Å². The number of ether oxygens (including phenoxy) is 1. The molecule has 0 N–H and O–H groups in total. The average Bonchev–Trinajstić information content (AvgIpc) is 2.71. The third-order valence-electron chi connectivity index (χ3n) is 4.81. The molecule has 0 saturated carbocycles. The van der Waals surface area contributed by atoms with Gasteiger partial charge in [-0.3, -0.25) is 9.88 Å². The number of aromatic nitrogens is 1. The Kier molecular flexibility index (Phi) is 6.91. The third-order valence-corrected chi connectivity index (χ3v) is 4.81. The second-order valence-electron chi connectivity index (χ2n) is 7.16. The Balaban J connectivity index is 1.53. The molecule has 2 heterocycles. The van der Waals surface area contributed by atoms with Gasteiger partial charge in [-0.05, 0) is 23.8 Å². The van der Waals surface area contributed by atoms with Crippen molar-refractivity contribution >= 4 is 6.09 Å². The number of pyridine rings is 1. The molecule has 0 bridgehead atoms. The lowest BCUT2D eigenvalue weighted by atomic mass is 10.1. The fraction of sp³-hybridized carbons (Fsp3) is 0.400. The molecule has 0 atom stereocenters. The maximum Gasteiger partial charge on any atom is 0.434 e. The van der Waals surface area contributed by atoms with E-state index in [1.54, 1.807) is 30.5 Å². The van der Waals surface area contributed by atoms with Gasteiger partial charge in [0.1, 0.15) is 5.82 Å². The minimum atomic E-state index is -5.75. The quantitative estimate of drug-likeness (QED) is 0.618. The van der Waals surface area contributed by atoms with Crippen LogP contribution in [0.2, 0.25) is 0 Å². The summed E-state index contributed by atoms with van der Waals surface area (Å²) in [6.45, 7) is 0.599. The maximum absolute atomic E-state index is 13.3. The summed E-state index contributed by atoms with van der Waals surface area (Å²) in [5, 5.41) is 0. The Morgan fingerprint density at radius 1 is 0.969 bits per heavy atom. The normalized spacial score (nSPS) is 15.8. The van der Waals surface area contributed by atoms with E-state index in [9.17, 15) is 35.5 Å². The molecule has 0 unspecified atom stereocenters. The number of hydrogen-bond acceptors (Lipinski definition) is 4. The molecule has 3 rings (SSSR count). The van der Waals surface area contributed by atoms with Gasteiger partial charge in [-0.15, -0.1) is 0 Å². The van der Waals surface area contributed by atoms with Crippen molar-refractivity contribution in [1.82, 2.24) is 14.8 Å². The number of amides is 1. The highest BCUT2D eigenvalue weighted by Gasteiger charge is 2.60. The summed E-state index contributed by atoms with van der Waals surface area (Å²) in [4.78, 5) is 18.8. The predicted molar refractivity (Wildman–Crippen MR) is 98.9 cm³/mol. The van der Waals surface area contributed by atoms with Gasteiger partial charge in [-0.1, -0.05) is 18.2 Å². The van der Waals surface area contributed by atoms with Gasteiger partial charge >= 0.3 is 18.4 Å². The predicted octanol–water partition coefficient (Wildman–Crippen LogP) is 4.64. The van der Waals surface area contributed by atoms with Crippen molar-refractivity contribution in [3.8, 4) is 11.1 Å². The van der Waals surface area contributed by atoms with Crippen molar-refractivity contribution in [2.24, 2.45) is 0 Å². The average molecular weight is 465 g/mol. The van der Waals surface area contributed by atoms with E-state index in [2.05, 4.69) is 9.72 Å². The molecule has 5 nitrogen and oxygen atoms in total. The van der Waals surface area contributed by atoms with Crippen molar-refractivity contribution in [3.05, 3.63) is 54.1 Å². The van der Waals surface area contributed by atoms with E-state index < -0.39 is 24.5 Å². The van der Waals surface area contributed by atoms with E-state index in [1.165, 1.54) is 12.1 Å². The lowest BCUT2D eigenvalue weighted by Gasteiger charge is -2.35. The summed E-state index contributed by atoms with van der Waals surface area (Å²) in [5.41, 5.74) is 2.03. The molecule has 1 aromatic carbocycles. The molecule has 0 aliphatic carbocycles. The topological polar surface area (TPSA) is 45.7 Å². The molecule has 2 aromatic rings. The molecular formula is C20H18F7N3O2. The summed E-state index contributed by atoms with van der Waals surface area (Å²) in [6.07, 6.45) is -15.8. The van der Waals surface area contributed by atoms with Crippen LogP contribution in [0.15, 0.2) is 42.6 Å². The minimum absolute atomic E-state index is 0.0946. The molecule has 1 aliphatic rings. The van der Waals surface area contributed by atoms with Gasteiger partial charge in [0.2, 0.25) is 0 Å². The van der Waals surface area contributed by atoms with Crippen LogP contribution >= 0.6 is 0 Å². The molecule has 32 heavy (non-hydrogen) atoms. The van der Waals surface area contributed by atoms with E-state index >= 15 is 0 Å². The fourth-order valence-electron chi connectivity index (χ4n) is 3.17. The molecule has 1 amide bonds. The number of piperazine rings is 1. The molecule has 12 heteroatoms. The maximum atomic E-state index is 13.3. The first-order chi connectivity index (χ1) is 14.9. The van der Waals surface area contributed by atoms with Crippen LogP contribution in [0.25, 0.3) is 11.1 Å². The van der Waals surface area contributed by atoms with Crippen molar-refractivity contribution in [2.45, 2.75) is 25.0 Å². The van der Waals surface area contributed by atoms with Crippen LogP contribution in [0, 0.1) is 5.82 Å². The first kappa shape index (κ1) is 23.8. The molecule has 1 saturated heterocycles. The first-order valence-electron chi connectivity index (χ1n) is 9.46. The van der Waals surface area contributed by atoms with E-state index in [0.29, 0.717) is 23.4 Å². The molecule has 0 radical (unpaired) electrons. The smallest absolute Gasteiger partial charge is 0.426 e. The number of rotatable bonds is 4. The van der Waals surface area contributed by atoms with Gasteiger partial charge < -0.3 is 9.64 Å². The van der Waals surface area contributed by atoms with E-state index in [1.807, 2.05) is 4.90 Å². The van der Waals surface area contributed by atoms with Crippen LogP contribution in [0.5, 0.6) is 0 Å². The Labute approximate surface area is 178 Å². The third kappa shape index (κ3) is 6.09. The summed E-state index contributed by atoms with van der Waals surface area (Å²) < 4.78 is 92.4. The molecule has 1 aromatic heterocycles. The summed E-state index contributed by atoms with van der Waals surface area (Å²) in [7, 11) is 0. The minimum Gasteiger partial charge on any atom is -0.426 e. The highest BCUT2D eigenvalue weighted by atomic mass is 19.4. The molecule has 1 aliphatic heterocycles. The number of carbonyl (C=O) groups excluding carboxylic acids is 1. The zero-order valence-electron chi connectivity index (χ0n) is 16.5. The van der Waals surface area contributed by atoms with Crippen LogP contribution in [0.4, 0.5) is 35.5 Å². The number of hydrogen-bond donors (Lipinski definition) is 0. The lowest BCUT2D eigenvalue weighted by Crippen LogP contribution is -2.52. The van der Waals surface area contributed by atoms with E-state index in [0.717, 1.165) is 4.90 Å². The first-order valence-corrected chi connectivity index (χ1v) is 9.46. The number of alkyl halides is 6. The number of nitrogens with zero attached hydrogens (tertiary/aromatic N) is 3. The van der Waals surface area contributed by atoms with Gasteiger partial charge in [-0.25, -0.2) is 9.18 Å². The van der Waals surface area contributed by atoms with E-state index in [4.69, 9.17) is 0 Å². The van der Waals surface area contributed by atoms with Crippen LogP contribution in [-0.4, -0.2) is 65.5 Å². The van der Waals surface area contributed by atoms with Crippen molar-refractivity contribution in [1.29, 1.82) is 0 Å². The van der Waals surface area contributed by atoms with Crippen molar-refractivity contribution < 1.29 is 40.3 Å². The SMILES string of the molecule is O=C(OC(C(F)(F)F)C(F)(F)F)N1CCN(Cc2ccc(-c3cccc(F)c3)cn2)CC1. The Hall–Kier alpha value is -2.89. The van der Waals surface area contributed by atoms with Gasteiger partial charge in [0, 0.05) is 44.5 Å². The van der Waals surface area contributed by atoms with Gasteiger partial charge in [0.15, 0.2) is 0 Å². The number of carbonyl (C=O) groups is 1. The van der Waals surface area contributed by atoms with Crippen LogP contribution in [0.3, 0.4) is 0 Å². The van der Waals surface area contributed by atoms with Crippen molar-refractivity contribution in [3.63, 3.8) is 0 Å². The highest BCUT2D eigenvalue weighted by molar-refractivity contribution is 5.68. The number of halogens is 7. The lowest BCUT2D eigenvalue weighted by molar-refractivity contribution is -0.308. The zero-order valence-corrected chi connectivity index (χ0v) is 16.5. The summed E-state index contributed by atoms with van der Waals surface area (Å²) in [5.74, 6) is -0.375. The Morgan fingerprint density at radius 3 is 2.16 bits per heavy atom. The van der Waals surface area contributed by atoms with E-state index in [-0.39, 0.29) is 32.0 Å². The van der Waals surface area contributed by atoms with Gasteiger partial charge in [-0.2, -0.15) is 26.3 Å².